The number of hydrogen-bond donors (Lipinski definition) is 1. The van der Waals surface area contributed by atoms with Gasteiger partial charge in [0.15, 0.2) is 0 Å². The Labute approximate surface area is 102 Å². The molecule has 4 heteroatoms. The molecule has 0 aliphatic heterocycles. The highest BCUT2D eigenvalue weighted by Crippen LogP contribution is 2.00. The van der Waals surface area contributed by atoms with Gasteiger partial charge in [-0.05, 0) is 5.56 Å². The van der Waals surface area contributed by atoms with Gasteiger partial charge in [-0.15, -0.1) is 19.0 Å². The van der Waals surface area contributed by atoms with E-state index in [0.29, 0.717) is 13.2 Å². The van der Waals surface area contributed by atoms with Crippen LogP contribution in [0.5, 0.6) is 0 Å². The first-order valence-electron chi connectivity index (χ1n) is 4.84. The Morgan fingerprint density at radius 3 is 2.69 bits per heavy atom. The van der Waals surface area contributed by atoms with Crippen molar-refractivity contribution in [2.24, 2.45) is 0 Å². The van der Waals surface area contributed by atoms with Crippen molar-refractivity contribution in [2.45, 2.75) is 6.61 Å². The maximum absolute atomic E-state index is 11.2. The van der Waals surface area contributed by atoms with Crippen molar-refractivity contribution in [3.05, 3.63) is 48.6 Å². The SMILES string of the molecule is C=CCNCC(=O)OCc1ccccc1.Cl. The first-order chi connectivity index (χ1) is 7.33. The van der Waals surface area contributed by atoms with E-state index < -0.39 is 0 Å². The lowest BCUT2D eigenvalue weighted by Gasteiger charge is -2.04. The third-order valence-corrected chi connectivity index (χ3v) is 1.80. The summed E-state index contributed by atoms with van der Waals surface area (Å²) in [6.07, 6.45) is 1.70. The van der Waals surface area contributed by atoms with Crippen LogP contribution < -0.4 is 5.32 Å². The van der Waals surface area contributed by atoms with Crippen molar-refractivity contribution in [3.63, 3.8) is 0 Å². The molecule has 0 amide bonds. The van der Waals surface area contributed by atoms with E-state index in [4.69, 9.17) is 4.74 Å². The molecule has 1 aromatic rings. The highest BCUT2D eigenvalue weighted by molar-refractivity contribution is 5.85. The number of ether oxygens (including phenoxy) is 1. The summed E-state index contributed by atoms with van der Waals surface area (Å²) in [6, 6.07) is 9.60. The lowest BCUT2D eigenvalue weighted by Crippen LogP contribution is -2.24. The second-order valence-electron chi connectivity index (χ2n) is 3.07. The fourth-order valence-corrected chi connectivity index (χ4v) is 1.07. The minimum Gasteiger partial charge on any atom is -0.460 e. The number of esters is 1. The van der Waals surface area contributed by atoms with Crippen LogP contribution in [0, 0.1) is 0 Å². The van der Waals surface area contributed by atoms with Gasteiger partial charge in [0.2, 0.25) is 0 Å². The van der Waals surface area contributed by atoms with E-state index in [1.54, 1.807) is 6.08 Å². The monoisotopic (exact) mass is 241 g/mol. The van der Waals surface area contributed by atoms with Gasteiger partial charge in [0.1, 0.15) is 6.61 Å². The smallest absolute Gasteiger partial charge is 0.320 e. The van der Waals surface area contributed by atoms with Crippen LogP contribution in [-0.2, 0) is 16.1 Å². The maximum Gasteiger partial charge on any atom is 0.320 e. The van der Waals surface area contributed by atoms with Crippen LogP contribution in [0.1, 0.15) is 5.56 Å². The Balaban J connectivity index is 0.00000225. The van der Waals surface area contributed by atoms with Crippen LogP contribution in [0.2, 0.25) is 0 Å². The van der Waals surface area contributed by atoms with Gasteiger partial charge < -0.3 is 10.1 Å². The van der Waals surface area contributed by atoms with E-state index in [9.17, 15) is 4.79 Å². The molecule has 1 N–H and O–H groups in total. The Morgan fingerprint density at radius 1 is 1.38 bits per heavy atom. The van der Waals surface area contributed by atoms with Gasteiger partial charge in [-0.2, -0.15) is 0 Å². The van der Waals surface area contributed by atoms with Crippen molar-refractivity contribution in [1.29, 1.82) is 0 Å². The summed E-state index contributed by atoms with van der Waals surface area (Å²) in [5.41, 5.74) is 0.995. The molecule has 0 spiro atoms. The summed E-state index contributed by atoms with van der Waals surface area (Å²) in [7, 11) is 0. The molecule has 1 aromatic carbocycles. The van der Waals surface area contributed by atoms with Crippen LogP contribution in [0.3, 0.4) is 0 Å². The molecule has 0 saturated heterocycles. The van der Waals surface area contributed by atoms with E-state index in [1.165, 1.54) is 0 Å². The molecule has 0 unspecified atom stereocenters. The zero-order valence-electron chi connectivity index (χ0n) is 9.02. The van der Waals surface area contributed by atoms with Crippen LogP contribution in [0.4, 0.5) is 0 Å². The predicted molar refractivity (Wildman–Crippen MR) is 66.6 cm³/mol. The molecule has 0 atom stereocenters. The van der Waals surface area contributed by atoms with Crippen LogP contribution in [-0.4, -0.2) is 19.1 Å². The fraction of sp³-hybridized carbons (Fsp3) is 0.250. The number of hydrogen-bond acceptors (Lipinski definition) is 3. The molecular weight excluding hydrogens is 226 g/mol. The first-order valence-corrected chi connectivity index (χ1v) is 4.84. The summed E-state index contributed by atoms with van der Waals surface area (Å²) in [4.78, 5) is 11.2. The van der Waals surface area contributed by atoms with Gasteiger partial charge >= 0.3 is 5.97 Å². The van der Waals surface area contributed by atoms with Crippen LogP contribution in [0.15, 0.2) is 43.0 Å². The summed E-state index contributed by atoms with van der Waals surface area (Å²) < 4.78 is 5.04. The second kappa shape index (κ2) is 8.95. The Bertz CT molecular complexity index is 314. The number of rotatable bonds is 6. The summed E-state index contributed by atoms with van der Waals surface area (Å²) >= 11 is 0. The Hall–Kier alpha value is -1.32. The second-order valence-corrected chi connectivity index (χ2v) is 3.07. The van der Waals surface area contributed by atoms with Gasteiger partial charge in [-0.25, -0.2) is 0 Å². The molecule has 16 heavy (non-hydrogen) atoms. The Morgan fingerprint density at radius 2 is 2.06 bits per heavy atom. The van der Waals surface area contributed by atoms with E-state index >= 15 is 0 Å². The topological polar surface area (TPSA) is 38.3 Å². The minimum absolute atomic E-state index is 0. The van der Waals surface area contributed by atoms with Gasteiger partial charge in [-0.3, -0.25) is 4.79 Å². The molecule has 0 fully saturated rings. The molecular formula is C12H16ClNO2. The van der Waals surface area contributed by atoms with Gasteiger partial charge in [0.25, 0.3) is 0 Å². The Kier molecular flexibility index (Phi) is 8.21. The molecule has 0 aliphatic carbocycles. The predicted octanol–water partition coefficient (Wildman–Crippen LogP) is 1.93. The van der Waals surface area contributed by atoms with Crippen LogP contribution in [0.25, 0.3) is 0 Å². The summed E-state index contributed by atoms with van der Waals surface area (Å²) in [5, 5.41) is 2.88. The number of carbonyl (C=O) groups is 1. The average molecular weight is 242 g/mol. The third-order valence-electron chi connectivity index (χ3n) is 1.80. The van der Waals surface area contributed by atoms with Gasteiger partial charge in [0, 0.05) is 6.54 Å². The lowest BCUT2D eigenvalue weighted by atomic mass is 10.2. The van der Waals surface area contributed by atoms with E-state index in [1.807, 2.05) is 30.3 Å². The van der Waals surface area contributed by atoms with Crippen molar-refractivity contribution in [3.8, 4) is 0 Å². The van der Waals surface area contributed by atoms with Gasteiger partial charge in [-0.1, -0.05) is 36.4 Å². The molecule has 0 radical (unpaired) electrons. The van der Waals surface area contributed by atoms with Crippen molar-refractivity contribution >= 4 is 18.4 Å². The van der Waals surface area contributed by atoms with E-state index in [0.717, 1.165) is 5.56 Å². The molecule has 3 nitrogen and oxygen atoms in total. The average Bonchev–Trinajstić information content (AvgIpc) is 2.28. The minimum atomic E-state index is -0.249. The van der Waals surface area contributed by atoms with Crippen LogP contribution >= 0.6 is 12.4 Å². The fourth-order valence-electron chi connectivity index (χ4n) is 1.07. The van der Waals surface area contributed by atoms with Gasteiger partial charge in [0.05, 0.1) is 6.54 Å². The zero-order chi connectivity index (χ0) is 10.9. The van der Waals surface area contributed by atoms with Crippen molar-refractivity contribution in [2.75, 3.05) is 13.1 Å². The highest BCUT2D eigenvalue weighted by atomic mass is 35.5. The van der Waals surface area contributed by atoms with E-state index in [2.05, 4.69) is 11.9 Å². The zero-order valence-corrected chi connectivity index (χ0v) is 9.83. The molecule has 88 valence electrons. The third kappa shape index (κ3) is 6.22. The molecule has 1 rings (SSSR count). The molecule has 0 aliphatic rings. The number of nitrogens with one attached hydrogen (secondary N) is 1. The molecule has 0 aromatic heterocycles. The molecule has 0 saturated carbocycles. The quantitative estimate of drug-likeness (QED) is 0.470. The largest absolute Gasteiger partial charge is 0.460 e. The summed E-state index contributed by atoms with van der Waals surface area (Å²) in [6.45, 7) is 4.70. The molecule has 0 heterocycles. The molecule has 0 bridgehead atoms. The first kappa shape index (κ1) is 14.7. The van der Waals surface area contributed by atoms with Crippen molar-refractivity contribution in [1.82, 2.24) is 5.32 Å². The van der Waals surface area contributed by atoms with Crippen molar-refractivity contribution < 1.29 is 9.53 Å². The highest BCUT2D eigenvalue weighted by Gasteiger charge is 2.01. The maximum atomic E-state index is 11.2. The number of carbonyl (C=O) groups excluding carboxylic acids is 1. The normalized spacial score (nSPS) is 9.00. The number of benzene rings is 1. The standard InChI is InChI=1S/C12H15NO2.ClH/c1-2-8-13-9-12(14)15-10-11-6-4-3-5-7-11;/h2-7,13H,1,8-10H2;1H. The summed E-state index contributed by atoms with van der Waals surface area (Å²) in [5.74, 6) is -0.249. The number of halogens is 1. The van der Waals surface area contributed by atoms with E-state index in [-0.39, 0.29) is 24.9 Å². The lowest BCUT2D eigenvalue weighted by molar-refractivity contribution is -0.143.